The summed E-state index contributed by atoms with van der Waals surface area (Å²) in [5.41, 5.74) is 1.21. The third kappa shape index (κ3) is 2.88. The summed E-state index contributed by atoms with van der Waals surface area (Å²) in [7, 11) is 0. The number of nitrogens with zero attached hydrogens (tertiary/aromatic N) is 1. The third-order valence-electron chi connectivity index (χ3n) is 2.64. The van der Waals surface area contributed by atoms with Gasteiger partial charge in [0.25, 0.3) is 5.91 Å². The average Bonchev–Trinajstić information content (AvgIpc) is 2.37. The molecule has 94 valence electrons. The van der Waals surface area contributed by atoms with Gasteiger partial charge in [-0.05, 0) is 26.0 Å². The number of alkyl halides is 1. The van der Waals surface area contributed by atoms with Gasteiger partial charge in [0.05, 0.1) is 11.1 Å². The van der Waals surface area contributed by atoms with E-state index in [1.807, 2.05) is 44.2 Å². The Morgan fingerprint density at radius 3 is 2.83 bits per heavy atom. The predicted octanol–water partition coefficient (Wildman–Crippen LogP) is 3.14. The fourth-order valence-corrected chi connectivity index (χ4v) is 1.75. The van der Waals surface area contributed by atoms with Gasteiger partial charge >= 0.3 is 0 Å². The van der Waals surface area contributed by atoms with Gasteiger partial charge in [-0.3, -0.25) is 9.78 Å². The molecular formula is C14H15BrN2O. The second-order valence-electron chi connectivity index (χ2n) is 4.89. The zero-order valence-corrected chi connectivity index (χ0v) is 12.0. The van der Waals surface area contributed by atoms with Crippen LogP contribution in [0.15, 0.2) is 36.5 Å². The quantitative estimate of drug-likeness (QED) is 0.885. The Morgan fingerprint density at radius 1 is 1.39 bits per heavy atom. The predicted molar refractivity (Wildman–Crippen MR) is 77.1 cm³/mol. The lowest BCUT2D eigenvalue weighted by atomic mass is 10.1. The Balaban J connectivity index is 2.28. The number of nitrogens with one attached hydrogen (secondary N) is 1. The van der Waals surface area contributed by atoms with Crippen LogP contribution in [0.5, 0.6) is 0 Å². The van der Waals surface area contributed by atoms with Crippen molar-refractivity contribution >= 4 is 32.7 Å². The van der Waals surface area contributed by atoms with Crippen molar-refractivity contribution < 1.29 is 4.79 Å². The van der Waals surface area contributed by atoms with Gasteiger partial charge in [0.15, 0.2) is 0 Å². The van der Waals surface area contributed by atoms with Crippen molar-refractivity contribution in [2.75, 3.05) is 5.33 Å². The molecule has 0 radical (unpaired) electrons. The molecule has 1 N–H and O–H groups in total. The molecule has 1 heterocycles. The summed E-state index contributed by atoms with van der Waals surface area (Å²) in [6.07, 6.45) is 1.61. The first kappa shape index (κ1) is 13.0. The molecule has 1 aromatic heterocycles. The van der Waals surface area contributed by atoms with Gasteiger partial charge in [0, 0.05) is 22.5 Å². The van der Waals surface area contributed by atoms with Crippen molar-refractivity contribution in [3.05, 3.63) is 42.1 Å². The van der Waals surface area contributed by atoms with E-state index in [4.69, 9.17) is 0 Å². The standard InChI is InChI=1S/C14H15BrN2O/c1-14(2,9-15)17-13(18)11-7-10-5-3-4-6-12(10)16-8-11/h3-8H,9H2,1-2H3,(H,17,18). The number of para-hydroxylation sites is 1. The minimum absolute atomic E-state index is 0.0993. The normalized spacial score (nSPS) is 11.5. The number of carbonyl (C=O) groups excluding carboxylic acids is 1. The molecule has 1 amide bonds. The van der Waals surface area contributed by atoms with Crippen LogP contribution in [0.3, 0.4) is 0 Å². The van der Waals surface area contributed by atoms with Crippen LogP contribution < -0.4 is 5.32 Å². The van der Waals surface area contributed by atoms with Gasteiger partial charge in [0.2, 0.25) is 0 Å². The Bertz CT molecular complexity index is 581. The number of carbonyl (C=O) groups is 1. The molecule has 0 aliphatic rings. The Labute approximate surface area is 115 Å². The largest absolute Gasteiger partial charge is 0.346 e. The highest BCUT2D eigenvalue weighted by Gasteiger charge is 2.19. The second kappa shape index (κ2) is 5.06. The van der Waals surface area contributed by atoms with E-state index in [9.17, 15) is 4.79 Å². The fraction of sp³-hybridized carbons (Fsp3) is 0.286. The summed E-state index contributed by atoms with van der Waals surface area (Å²) < 4.78 is 0. The van der Waals surface area contributed by atoms with Crippen molar-refractivity contribution in [2.45, 2.75) is 19.4 Å². The minimum Gasteiger partial charge on any atom is -0.346 e. The van der Waals surface area contributed by atoms with Gasteiger partial charge in [-0.2, -0.15) is 0 Å². The molecule has 0 bridgehead atoms. The van der Waals surface area contributed by atoms with Crippen LogP contribution in [0.4, 0.5) is 0 Å². The number of fused-ring (bicyclic) bond motifs is 1. The van der Waals surface area contributed by atoms with E-state index < -0.39 is 0 Å². The van der Waals surface area contributed by atoms with Gasteiger partial charge in [0.1, 0.15) is 0 Å². The second-order valence-corrected chi connectivity index (χ2v) is 5.45. The van der Waals surface area contributed by atoms with Crippen LogP contribution in [0.2, 0.25) is 0 Å². The number of hydrogen-bond acceptors (Lipinski definition) is 2. The molecule has 0 spiro atoms. The Kier molecular flexibility index (Phi) is 3.66. The molecular weight excluding hydrogens is 292 g/mol. The van der Waals surface area contributed by atoms with E-state index in [2.05, 4.69) is 26.2 Å². The number of halogens is 1. The lowest BCUT2D eigenvalue weighted by Gasteiger charge is -2.23. The zero-order valence-electron chi connectivity index (χ0n) is 10.4. The molecule has 0 saturated heterocycles. The number of hydrogen-bond donors (Lipinski definition) is 1. The van der Waals surface area contributed by atoms with Crippen LogP contribution in [-0.4, -0.2) is 21.8 Å². The number of aromatic nitrogens is 1. The highest BCUT2D eigenvalue weighted by Crippen LogP contribution is 2.14. The SMILES string of the molecule is CC(C)(CBr)NC(=O)c1cnc2ccccc2c1. The van der Waals surface area contributed by atoms with E-state index in [1.54, 1.807) is 6.20 Å². The highest BCUT2D eigenvalue weighted by molar-refractivity contribution is 9.09. The van der Waals surface area contributed by atoms with Crippen molar-refractivity contribution in [2.24, 2.45) is 0 Å². The molecule has 0 atom stereocenters. The summed E-state index contributed by atoms with van der Waals surface area (Å²) in [5.74, 6) is -0.0993. The van der Waals surface area contributed by atoms with Gasteiger partial charge in [-0.15, -0.1) is 0 Å². The first-order valence-electron chi connectivity index (χ1n) is 5.75. The number of amides is 1. The van der Waals surface area contributed by atoms with Crippen molar-refractivity contribution in [1.29, 1.82) is 0 Å². The lowest BCUT2D eigenvalue weighted by Crippen LogP contribution is -2.44. The first-order chi connectivity index (χ1) is 8.52. The Morgan fingerprint density at radius 2 is 2.11 bits per heavy atom. The van der Waals surface area contributed by atoms with E-state index >= 15 is 0 Å². The smallest absolute Gasteiger partial charge is 0.253 e. The molecule has 0 fully saturated rings. The monoisotopic (exact) mass is 306 g/mol. The zero-order chi connectivity index (χ0) is 13.2. The molecule has 0 aliphatic heterocycles. The summed E-state index contributed by atoms with van der Waals surface area (Å²) in [6.45, 7) is 3.93. The maximum Gasteiger partial charge on any atom is 0.253 e. The van der Waals surface area contributed by atoms with Gasteiger partial charge in [-0.25, -0.2) is 0 Å². The van der Waals surface area contributed by atoms with Crippen molar-refractivity contribution in [3.8, 4) is 0 Å². The third-order valence-corrected chi connectivity index (χ3v) is 4.04. The van der Waals surface area contributed by atoms with Crippen LogP contribution >= 0.6 is 15.9 Å². The van der Waals surface area contributed by atoms with Crippen molar-refractivity contribution in [3.63, 3.8) is 0 Å². The molecule has 0 aliphatic carbocycles. The van der Waals surface area contributed by atoms with Crippen LogP contribution in [-0.2, 0) is 0 Å². The van der Waals surface area contributed by atoms with E-state index in [0.717, 1.165) is 10.9 Å². The fourth-order valence-electron chi connectivity index (χ4n) is 1.61. The number of pyridine rings is 1. The van der Waals surface area contributed by atoms with E-state index in [1.165, 1.54) is 0 Å². The van der Waals surface area contributed by atoms with Crippen LogP contribution in [0.25, 0.3) is 10.9 Å². The Hall–Kier alpha value is -1.42. The maximum atomic E-state index is 12.1. The molecule has 2 aromatic rings. The molecule has 4 heteroatoms. The average molecular weight is 307 g/mol. The molecule has 3 nitrogen and oxygen atoms in total. The van der Waals surface area contributed by atoms with Gasteiger partial charge in [-0.1, -0.05) is 34.1 Å². The van der Waals surface area contributed by atoms with E-state index in [0.29, 0.717) is 10.9 Å². The van der Waals surface area contributed by atoms with Crippen LogP contribution in [0.1, 0.15) is 24.2 Å². The summed E-state index contributed by atoms with van der Waals surface area (Å²) in [4.78, 5) is 16.4. The number of rotatable bonds is 3. The maximum absolute atomic E-state index is 12.1. The van der Waals surface area contributed by atoms with Gasteiger partial charge < -0.3 is 5.32 Å². The molecule has 2 rings (SSSR count). The summed E-state index contributed by atoms with van der Waals surface area (Å²) >= 11 is 3.38. The molecule has 0 saturated carbocycles. The molecule has 0 unspecified atom stereocenters. The molecule has 18 heavy (non-hydrogen) atoms. The number of benzene rings is 1. The first-order valence-corrected chi connectivity index (χ1v) is 6.87. The molecule has 1 aromatic carbocycles. The lowest BCUT2D eigenvalue weighted by molar-refractivity contribution is 0.0921. The van der Waals surface area contributed by atoms with Crippen LogP contribution in [0, 0.1) is 0 Å². The minimum atomic E-state index is -0.275. The summed E-state index contributed by atoms with van der Waals surface area (Å²) in [5, 5.41) is 4.64. The van der Waals surface area contributed by atoms with E-state index in [-0.39, 0.29) is 11.4 Å². The highest BCUT2D eigenvalue weighted by atomic mass is 79.9. The van der Waals surface area contributed by atoms with Crippen molar-refractivity contribution in [1.82, 2.24) is 10.3 Å². The topological polar surface area (TPSA) is 42.0 Å². The summed E-state index contributed by atoms with van der Waals surface area (Å²) in [6, 6.07) is 9.62.